The minimum absolute atomic E-state index is 0.112. The molecule has 11 heteroatoms. The zero-order valence-electron chi connectivity index (χ0n) is 25.9. The number of hydrogen-bond donors (Lipinski definition) is 1. The summed E-state index contributed by atoms with van der Waals surface area (Å²) in [5.41, 5.74) is 3.98. The van der Waals surface area contributed by atoms with E-state index in [4.69, 9.17) is 4.98 Å². The Bertz CT molecular complexity index is 2200. The van der Waals surface area contributed by atoms with Gasteiger partial charge in [-0.3, -0.25) is 9.59 Å². The van der Waals surface area contributed by atoms with Crippen molar-refractivity contribution in [3.05, 3.63) is 119 Å². The molecule has 4 heterocycles. The maximum absolute atomic E-state index is 15.8. The van der Waals surface area contributed by atoms with Gasteiger partial charge >= 0.3 is 0 Å². The quantitative estimate of drug-likeness (QED) is 0.221. The normalized spacial score (nSPS) is 14.2. The molecule has 0 unspecified atom stereocenters. The van der Waals surface area contributed by atoms with E-state index in [1.165, 1.54) is 6.07 Å². The van der Waals surface area contributed by atoms with Crippen LogP contribution in [0.3, 0.4) is 0 Å². The van der Waals surface area contributed by atoms with Gasteiger partial charge in [0.05, 0.1) is 35.5 Å². The smallest absolute Gasteiger partial charge is 0.259 e. The van der Waals surface area contributed by atoms with Crippen LogP contribution in [0.15, 0.2) is 85.5 Å². The van der Waals surface area contributed by atoms with Crippen molar-refractivity contribution in [2.45, 2.75) is 51.7 Å². The Morgan fingerprint density at radius 3 is 2.57 bits per heavy atom. The first-order chi connectivity index (χ1) is 22.8. The molecular weight excluding hydrogens is 595 g/mol. The highest BCUT2D eigenvalue weighted by Crippen LogP contribution is 2.43. The Morgan fingerprint density at radius 2 is 1.77 bits per heavy atom. The molecule has 0 radical (unpaired) electrons. The molecule has 2 aliphatic rings. The highest BCUT2D eigenvalue weighted by Gasteiger charge is 2.34. The van der Waals surface area contributed by atoms with Gasteiger partial charge in [0.2, 0.25) is 0 Å². The van der Waals surface area contributed by atoms with E-state index in [0.717, 1.165) is 35.0 Å². The Balaban J connectivity index is 1.14. The number of fused-ring (bicyclic) bond motifs is 4. The lowest BCUT2D eigenvalue weighted by molar-refractivity contribution is 0.0730. The van der Waals surface area contributed by atoms with Crippen LogP contribution in [0.4, 0.5) is 10.2 Å². The summed E-state index contributed by atoms with van der Waals surface area (Å²) in [6.07, 6.45) is 5.42. The minimum Gasteiger partial charge on any atom is -0.328 e. The van der Waals surface area contributed by atoms with Gasteiger partial charge in [-0.1, -0.05) is 36.4 Å². The van der Waals surface area contributed by atoms with Crippen LogP contribution in [0.25, 0.3) is 28.0 Å². The highest BCUT2D eigenvalue weighted by molar-refractivity contribution is 6.04. The van der Waals surface area contributed by atoms with Gasteiger partial charge in [0.25, 0.3) is 11.8 Å². The number of halogens is 1. The van der Waals surface area contributed by atoms with Gasteiger partial charge in [-0.2, -0.15) is 0 Å². The molecule has 47 heavy (non-hydrogen) atoms. The second kappa shape index (κ2) is 11.3. The van der Waals surface area contributed by atoms with Crippen LogP contribution in [0, 0.1) is 5.82 Å². The lowest BCUT2D eigenvalue weighted by Gasteiger charge is -2.22. The fourth-order valence-electron chi connectivity index (χ4n) is 6.29. The molecule has 6 aromatic rings. The van der Waals surface area contributed by atoms with Gasteiger partial charge in [-0.15, -0.1) is 10.2 Å². The summed E-state index contributed by atoms with van der Waals surface area (Å²) in [6, 6.07) is 21.8. The largest absolute Gasteiger partial charge is 0.328 e. The Hall–Kier alpha value is -5.71. The van der Waals surface area contributed by atoms with Crippen LogP contribution in [0.2, 0.25) is 0 Å². The van der Waals surface area contributed by atoms with Crippen molar-refractivity contribution in [3.8, 4) is 17.2 Å². The maximum atomic E-state index is 15.8. The number of carbonyl (C=O) groups is 2. The number of rotatable bonds is 6. The van der Waals surface area contributed by atoms with Gasteiger partial charge < -0.3 is 19.4 Å². The first-order valence-corrected chi connectivity index (χ1v) is 15.7. The van der Waals surface area contributed by atoms with E-state index in [9.17, 15) is 9.59 Å². The SMILES string of the molecule is CC(C)n1cnnc1-c1cccc(NC(=O)c2cc3c(cc2F)CN(C(=O)c2ccc4ccccc4c2)Cc2c(C4CC4)ncn2-3)n1. The molecule has 10 nitrogen and oxygen atoms in total. The summed E-state index contributed by atoms with van der Waals surface area (Å²) in [4.78, 5) is 38.6. The number of carbonyl (C=O) groups excluding carboxylic acids is 2. The number of amides is 2. The van der Waals surface area contributed by atoms with E-state index >= 15 is 4.39 Å². The summed E-state index contributed by atoms with van der Waals surface area (Å²) in [5.74, 6) is -0.340. The first kappa shape index (κ1) is 28.7. The van der Waals surface area contributed by atoms with Gasteiger partial charge in [-0.05, 0) is 79.4 Å². The lowest BCUT2D eigenvalue weighted by Crippen LogP contribution is -2.30. The van der Waals surface area contributed by atoms with Crippen molar-refractivity contribution in [3.63, 3.8) is 0 Å². The molecule has 3 aromatic heterocycles. The maximum Gasteiger partial charge on any atom is 0.259 e. The molecular formula is C36H31FN8O2. The monoisotopic (exact) mass is 626 g/mol. The number of aromatic nitrogens is 6. The average molecular weight is 627 g/mol. The Morgan fingerprint density at radius 1 is 0.936 bits per heavy atom. The number of anilines is 1. The van der Waals surface area contributed by atoms with Gasteiger partial charge in [0.15, 0.2) is 5.82 Å². The standard InChI is InChI=1S/C36H31FN8O2/c1-21(2)44-20-39-42-34(44)29-8-5-9-32(40-29)41-35(46)27-16-30-26(15-28(27)37)17-43(18-31-33(23-11-12-23)38-19-45(30)31)36(47)25-13-10-22-6-3-4-7-24(22)14-25/h3-10,13-16,19-21,23H,11-12,17-18H2,1-2H3,(H,40,41,46). The molecule has 0 bridgehead atoms. The zero-order valence-corrected chi connectivity index (χ0v) is 25.9. The van der Waals surface area contributed by atoms with Crippen molar-refractivity contribution >= 4 is 28.4 Å². The first-order valence-electron chi connectivity index (χ1n) is 15.7. The summed E-state index contributed by atoms with van der Waals surface area (Å²) in [5, 5.41) is 13.0. The van der Waals surface area contributed by atoms with Gasteiger partial charge in [0, 0.05) is 24.1 Å². The summed E-state index contributed by atoms with van der Waals surface area (Å²) >= 11 is 0. The molecule has 1 aliphatic heterocycles. The van der Waals surface area contributed by atoms with Crippen molar-refractivity contribution < 1.29 is 14.0 Å². The van der Waals surface area contributed by atoms with Crippen molar-refractivity contribution in [2.24, 2.45) is 0 Å². The fourth-order valence-corrected chi connectivity index (χ4v) is 6.29. The van der Waals surface area contributed by atoms with Crippen molar-refractivity contribution in [1.29, 1.82) is 0 Å². The molecule has 234 valence electrons. The summed E-state index contributed by atoms with van der Waals surface area (Å²) in [6.45, 7) is 4.51. The summed E-state index contributed by atoms with van der Waals surface area (Å²) in [7, 11) is 0. The number of imidazole rings is 1. The number of pyridine rings is 1. The van der Waals surface area contributed by atoms with E-state index < -0.39 is 11.7 Å². The molecule has 1 fully saturated rings. The average Bonchev–Trinajstić information content (AvgIpc) is 3.68. The number of benzene rings is 3. The third kappa shape index (κ3) is 5.23. The van der Waals surface area contributed by atoms with Crippen LogP contribution in [0.1, 0.15) is 76.3 Å². The van der Waals surface area contributed by atoms with E-state index in [1.807, 2.05) is 65.4 Å². The Labute approximate surface area is 269 Å². The number of hydrogen-bond acceptors (Lipinski definition) is 6. The topological polar surface area (TPSA) is 111 Å². The van der Waals surface area contributed by atoms with E-state index in [0.29, 0.717) is 40.8 Å². The molecule has 2 amide bonds. The molecule has 0 atom stereocenters. The third-order valence-corrected chi connectivity index (χ3v) is 8.87. The molecule has 0 saturated heterocycles. The second-order valence-corrected chi connectivity index (χ2v) is 12.4. The van der Waals surface area contributed by atoms with Crippen molar-refractivity contribution in [1.82, 2.24) is 34.2 Å². The van der Waals surface area contributed by atoms with E-state index in [2.05, 4.69) is 20.5 Å². The molecule has 8 rings (SSSR count). The van der Waals surface area contributed by atoms with Crippen LogP contribution >= 0.6 is 0 Å². The molecule has 1 saturated carbocycles. The number of nitrogens with one attached hydrogen (secondary N) is 1. The van der Waals surface area contributed by atoms with Gasteiger partial charge in [0.1, 0.15) is 23.7 Å². The highest BCUT2D eigenvalue weighted by atomic mass is 19.1. The number of nitrogens with zero attached hydrogens (tertiary/aromatic N) is 7. The zero-order chi connectivity index (χ0) is 32.2. The second-order valence-electron chi connectivity index (χ2n) is 12.4. The van der Waals surface area contributed by atoms with E-state index in [-0.39, 0.29) is 29.9 Å². The predicted molar refractivity (Wildman–Crippen MR) is 175 cm³/mol. The van der Waals surface area contributed by atoms with Gasteiger partial charge in [-0.25, -0.2) is 14.4 Å². The van der Waals surface area contributed by atoms with Crippen LogP contribution < -0.4 is 5.32 Å². The van der Waals surface area contributed by atoms with Crippen LogP contribution in [0.5, 0.6) is 0 Å². The van der Waals surface area contributed by atoms with E-state index in [1.54, 1.807) is 41.8 Å². The fraction of sp³-hybridized carbons (Fsp3) is 0.222. The van der Waals surface area contributed by atoms with Crippen molar-refractivity contribution in [2.75, 3.05) is 5.32 Å². The Kier molecular flexibility index (Phi) is 6.89. The molecule has 3 aromatic carbocycles. The summed E-state index contributed by atoms with van der Waals surface area (Å²) < 4.78 is 19.6. The lowest BCUT2D eigenvalue weighted by atomic mass is 10.0. The molecule has 1 aliphatic carbocycles. The van der Waals surface area contributed by atoms with Crippen LogP contribution in [-0.2, 0) is 13.1 Å². The third-order valence-electron chi connectivity index (χ3n) is 8.87. The predicted octanol–water partition coefficient (Wildman–Crippen LogP) is 6.68. The minimum atomic E-state index is -0.693. The van der Waals surface area contributed by atoms with Crippen LogP contribution in [-0.4, -0.2) is 46.0 Å². The molecule has 1 N–H and O–H groups in total. The molecule has 0 spiro atoms.